The van der Waals surface area contributed by atoms with Crippen molar-refractivity contribution in [3.8, 4) is 0 Å². The summed E-state index contributed by atoms with van der Waals surface area (Å²) in [5.74, 6) is -1.75. The Morgan fingerprint density at radius 3 is 1.79 bits per heavy atom. The van der Waals surface area contributed by atoms with E-state index in [-0.39, 0.29) is 18.3 Å². The first-order valence-corrected chi connectivity index (χ1v) is 18.4. The van der Waals surface area contributed by atoms with Crippen molar-refractivity contribution in [2.45, 2.75) is 82.7 Å². The summed E-state index contributed by atoms with van der Waals surface area (Å²) in [6.45, 7) is 3.23. The number of nitrogens with two attached hydrogens (primary N) is 4. The van der Waals surface area contributed by atoms with Crippen molar-refractivity contribution in [3.05, 3.63) is 54.1 Å². The molecule has 16 nitrogen and oxygen atoms in total. The minimum Gasteiger partial charge on any atom is -0.378 e. The maximum atomic E-state index is 12.9. The lowest BCUT2D eigenvalue weighted by atomic mass is 10.1. The first-order chi connectivity index (χ1) is 25.5. The fourth-order valence-corrected chi connectivity index (χ4v) is 5.19. The first-order valence-electron chi connectivity index (χ1n) is 18.4. The Kier molecular flexibility index (Phi) is 21.5. The molecule has 2 aromatic carbocycles. The van der Waals surface area contributed by atoms with Crippen LogP contribution >= 0.6 is 0 Å². The monoisotopic (exact) mass is 736 g/mol. The average molecular weight is 737 g/mol. The molecule has 0 aliphatic carbocycles. The number of hydrogen-bond acceptors (Lipinski definition) is 10. The number of nitrogens with zero attached hydrogens (tertiary/aromatic N) is 4. The van der Waals surface area contributed by atoms with Gasteiger partial charge < -0.3 is 49.1 Å². The Balaban J connectivity index is 1.54. The summed E-state index contributed by atoms with van der Waals surface area (Å²) < 4.78 is 0. The summed E-state index contributed by atoms with van der Waals surface area (Å²) in [5.41, 5.74) is 24.4. The third-order valence-electron chi connectivity index (χ3n) is 8.27. The van der Waals surface area contributed by atoms with Crippen LogP contribution in [0.4, 0.5) is 17.1 Å². The molecular weight excluding hydrogens is 676 g/mol. The number of unbranched alkanes of at least 4 members (excludes halogenated alkanes) is 6. The Labute approximate surface area is 313 Å². The van der Waals surface area contributed by atoms with Crippen molar-refractivity contribution in [2.24, 2.45) is 38.2 Å². The highest BCUT2D eigenvalue weighted by Gasteiger charge is 2.23. The number of benzene rings is 2. The standard InChI is InChI=1S/C37H60N12O4/c1-49(2)30-19-17-29(18-20-30)48-47-28-15-13-27(14-16-28)34(51)46-32(26-33(39)50)36(53)44-23-9-7-5-3-4-6-8-21-42-22-11-25-43-35(52)31(38)12-10-24-45-37(40)41/h13-20,31-32,42H,3-12,21-26,38H2,1-2H3,(H2,39,50)(H,43,52)(H,44,53)(H,46,51)(H4,40,41,45)/t31-,32-/m0/s1. The van der Waals surface area contributed by atoms with Gasteiger partial charge in [0, 0.05) is 45.0 Å². The number of rotatable bonds is 27. The van der Waals surface area contributed by atoms with Crippen LogP contribution in [-0.2, 0) is 14.4 Å². The van der Waals surface area contributed by atoms with Crippen molar-refractivity contribution < 1.29 is 19.2 Å². The van der Waals surface area contributed by atoms with Crippen LogP contribution < -0.4 is 49.1 Å². The topological polar surface area (TPSA) is 261 Å². The van der Waals surface area contributed by atoms with Gasteiger partial charge in [-0.15, -0.1) is 0 Å². The largest absolute Gasteiger partial charge is 0.378 e. The predicted octanol–water partition coefficient (Wildman–Crippen LogP) is 2.47. The molecule has 0 aliphatic heterocycles. The lowest BCUT2D eigenvalue weighted by Crippen LogP contribution is -2.48. The van der Waals surface area contributed by atoms with E-state index in [1.807, 2.05) is 43.3 Å². The summed E-state index contributed by atoms with van der Waals surface area (Å²) >= 11 is 0. The number of aliphatic imine (C=N–C) groups is 1. The Morgan fingerprint density at radius 2 is 1.21 bits per heavy atom. The Bertz CT molecular complexity index is 1440. The molecular formula is C37H60N12O4. The molecule has 2 rings (SSSR count). The lowest BCUT2D eigenvalue weighted by molar-refractivity contribution is -0.126. The molecule has 0 spiro atoms. The van der Waals surface area contributed by atoms with Crippen molar-refractivity contribution in [2.75, 3.05) is 51.7 Å². The number of primary amides is 1. The van der Waals surface area contributed by atoms with Gasteiger partial charge in [-0.1, -0.05) is 32.1 Å². The van der Waals surface area contributed by atoms with E-state index in [4.69, 9.17) is 22.9 Å². The second-order valence-corrected chi connectivity index (χ2v) is 13.1. The van der Waals surface area contributed by atoms with E-state index >= 15 is 0 Å². The van der Waals surface area contributed by atoms with E-state index in [9.17, 15) is 19.2 Å². The molecule has 0 saturated heterocycles. The fourth-order valence-electron chi connectivity index (χ4n) is 5.19. The molecule has 12 N–H and O–H groups in total. The maximum absolute atomic E-state index is 12.9. The van der Waals surface area contributed by atoms with Gasteiger partial charge >= 0.3 is 0 Å². The normalized spacial score (nSPS) is 12.1. The van der Waals surface area contributed by atoms with E-state index < -0.39 is 29.8 Å². The summed E-state index contributed by atoms with van der Waals surface area (Å²) in [4.78, 5) is 55.2. The summed E-state index contributed by atoms with van der Waals surface area (Å²) in [6.07, 6.45) is 8.95. The number of nitrogens with one attached hydrogen (secondary N) is 4. The zero-order valence-electron chi connectivity index (χ0n) is 31.3. The van der Waals surface area contributed by atoms with Crippen LogP contribution in [0.25, 0.3) is 0 Å². The van der Waals surface area contributed by atoms with Gasteiger partial charge in [0.15, 0.2) is 5.96 Å². The Hall–Kier alpha value is -5.09. The van der Waals surface area contributed by atoms with Gasteiger partial charge in [-0.2, -0.15) is 10.2 Å². The first kappa shape index (κ1) is 44.1. The number of hydrogen-bond donors (Lipinski definition) is 8. The number of azo groups is 1. The lowest BCUT2D eigenvalue weighted by Gasteiger charge is -2.17. The highest BCUT2D eigenvalue weighted by molar-refractivity contribution is 5.99. The molecule has 0 heterocycles. The molecule has 292 valence electrons. The summed E-state index contributed by atoms with van der Waals surface area (Å²) in [6, 6.07) is 12.5. The van der Waals surface area contributed by atoms with E-state index in [2.05, 4.69) is 36.5 Å². The van der Waals surface area contributed by atoms with Gasteiger partial charge in [-0.05, 0) is 93.7 Å². The molecule has 53 heavy (non-hydrogen) atoms. The van der Waals surface area contributed by atoms with E-state index in [1.54, 1.807) is 24.3 Å². The second-order valence-electron chi connectivity index (χ2n) is 13.1. The average Bonchev–Trinajstić information content (AvgIpc) is 3.13. The number of amides is 4. The fraction of sp³-hybridized carbons (Fsp3) is 0.541. The van der Waals surface area contributed by atoms with Gasteiger partial charge in [0.1, 0.15) is 6.04 Å². The second kappa shape index (κ2) is 25.8. The van der Waals surface area contributed by atoms with Gasteiger partial charge in [0.25, 0.3) is 5.91 Å². The number of carbonyl (C=O) groups is 4. The number of carbonyl (C=O) groups excluding carboxylic acids is 4. The van der Waals surface area contributed by atoms with Crippen molar-refractivity contribution in [1.29, 1.82) is 0 Å². The third kappa shape index (κ3) is 19.9. The van der Waals surface area contributed by atoms with Crippen LogP contribution in [0.3, 0.4) is 0 Å². The zero-order chi connectivity index (χ0) is 38.8. The van der Waals surface area contributed by atoms with Crippen LogP contribution in [-0.4, -0.2) is 88.5 Å². The third-order valence-corrected chi connectivity index (χ3v) is 8.27. The van der Waals surface area contributed by atoms with Gasteiger partial charge in [0.2, 0.25) is 17.7 Å². The van der Waals surface area contributed by atoms with E-state index in [1.165, 1.54) is 0 Å². The summed E-state index contributed by atoms with van der Waals surface area (Å²) in [5, 5.41) is 20.2. The van der Waals surface area contributed by atoms with Crippen LogP contribution in [0.2, 0.25) is 0 Å². The van der Waals surface area contributed by atoms with Gasteiger partial charge in [0.05, 0.1) is 23.8 Å². The zero-order valence-corrected chi connectivity index (χ0v) is 31.3. The minimum absolute atomic E-state index is 0.0370. The highest BCUT2D eigenvalue weighted by Crippen LogP contribution is 2.21. The van der Waals surface area contributed by atoms with Crippen LogP contribution in [0.5, 0.6) is 0 Å². The number of anilines is 1. The van der Waals surface area contributed by atoms with E-state index in [0.29, 0.717) is 49.4 Å². The van der Waals surface area contributed by atoms with Crippen molar-refractivity contribution in [1.82, 2.24) is 21.3 Å². The molecule has 0 aliphatic rings. The minimum atomic E-state index is -1.08. The molecule has 16 heteroatoms. The van der Waals surface area contributed by atoms with Gasteiger partial charge in [-0.3, -0.25) is 24.2 Å². The molecule has 2 aromatic rings. The molecule has 4 amide bonds. The quantitative estimate of drug-likeness (QED) is 0.0290. The predicted molar refractivity (Wildman–Crippen MR) is 210 cm³/mol. The highest BCUT2D eigenvalue weighted by atomic mass is 16.2. The van der Waals surface area contributed by atoms with Crippen LogP contribution in [0, 0.1) is 0 Å². The molecule has 0 fully saturated rings. The molecule has 0 unspecified atom stereocenters. The molecule has 0 saturated carbocycles. The SMILES string of the molecule is CN(C)c1ccc(N=Nc2ccc(C(=O)N[C@@H](CC(N)=O)C(=O)NCCCCCCCCCNCCCNC(=O)[C@@H](N)CCCN=C(N)N)cc2)cc1. The van der Waals surface area contributed by atoms with Crippen LogP contribution in [0.15, 0.2) is 63.8 Å². The van der Waals surface area contributed by atoms with Crippen molar-refractivity contribution in [3.63, 3.8) is 0 Å². The maximum Gasteiger partial charge on any atom is 0.251 e. The molecule has 0 radical (unpaired) electrons. The van der Waals surface area contributed by atoms with Crippen LogP contribution in [0.1, 0.15) is 81.0 Å². The smallest absolute Gasteiger partial charge is 0.251 e. The van der Waals surface area contributed by atoms with Crippen molar-refractivity contribution >= 4 is 46.7 Å². The van der Waals surface area contributed by atoms with E-state index in [0.717, 1.165) is 70.1 Å². The molecule has 0 aromatic heterocycles. The molecule has 0 bridgehead atoms. The Morgan fingerprint density at radius 1 is 0.679 bits per heavy atom. The van der Waals surface area contributed by atoms with Gasteiger partial charge in [-0.25, -0.2) is 0 Å². The number of guanidine groups is 1. The summed E-state index contributed by atoms with van der Waals surface area (Å²) in [7, 11) is 3.92. The molecule has 2 atom stereocenters.